The molecule has 0 aromatic carbocycles. The van der Waals surface area contributed by atoms with Crippen molar-refractivity contribution in [2.45, 2.75) is 18.6 Å². The van der Waals surface area contributed by atoms with Crippen molar-refractivity contribution >= 4 is 23.0 Å². The molecule has 0 fully saturated rings. The summed E-state index contributed by atoms with van der Waals surface area (Å²) in [6.07, 6.45) is -4.67. The van der Waals surface area contributed by atoms with Crippen LogP contribution in [0.25, 0.3) is 0 Å². The molecule has 8 heteroatoms. The fraction of sp³-hybridized carbons (Fsp3) is 0.400. The molecule has 1 aromatic heterocycles. The third-order valence-corrected chi connectivity index (χ3v) is 3.47. The Morgan fingerprint density at radius 1 is 1.61 bits per heavy atom. The van der Waals surface area contributed by atoms with Crippen LogP contribution < -0.4 is 5.32 Å². The first-order valence-electron chi connectivity index (χ1n) is 4.99. The lowest BCUT2D eigenvalue weighted by Crippen LogP contribution is -2.38. The number of hydrogen-bond donors (Lipinski definition) is 1. The van der Waals surface area contributed by atoms with E-state index in [9.17, 15) is 18.0 Å². The van der Waals surface area contributed by atoms with E-state index < -0.39 is 18.1 Å². The van der Waals surface area contributed by atoms with Gasteiger partial charge in [-0.2, -0.15) is 13.2 Å². The van der Waals surface area contributed by atoms with E-state index in [1.54, 1.807) is 11.4 Å². The number of thiophene rings is 1. The van der Waals surface area contributed by atoms with E-state index in [1.807, 2.05) is 5.32 Å². The zero-order chi connectivity index (χ0) is 13.3. The minimum Gasteiger partial charge on any atom is -0.399 e. The van der Waals surface area contributed by atoms with Gasteiger partial charge in [0.15, 0.2) is 0 Å². The van der Waals surface area contributed by atoms with Crippen molar-refractivity contribution in [3.8, 4) is 0 Å². The summed E-state index contributed by atoms with van der Waals surface area (Å²) in [5, 5.41) is 7.45. The van der Waals surface area contributed by atoms with Gasteiger partial charge in [0.25, 0.3) is 0 Å². The fourth-order valence-corrected chi connectivity index (χ4v) is 2.74. The molecule has 18 heavy (non-hydrogen) atoms. The average Bonchev–Trinajstić information content (AvgIpc) is 2.83. The van der Waals surface area contributed by atoms with Gasteiger partial charge >= 0.3 is 12.1 Å². The van der Waals surface area contributed by atoms with Crippen LogP contribution >= 0.6 is 11.3 Å². The molecule has 4 nitrogen and oxygen atoms in total. The first-order chi connectivity index (χ1) is 8.43. The molecular weight excluding hydrogens is 269 g/mol. The number of rotatable bonds is 2. The van der Waals surface area contributed by atoms with Crippen LogP contribution in [0.2, 0.25) is 0 Å². The highest BCUT2D eigenvalue weighted by Crippen LogP contribution is 2.36. The molecule has 1 N–H and O–H groups in total. The van der Waals surface area contributed by atoms with E-state index in [1.165, 1.54) is 18.4 Å². The molecule has 1 atom stereocenters. The lowest BCUT2D eigenvalue weighted by Gasteiger charge is -2.13. The summed E-state index contributed by atoms with van der Waals surface area (Å²) >= 11 is 1.36. The smallest absolute Gasteiger partial charge is 0.399 e. The Kier molecular flexibility index (Phi) is 3.29. The molecule has 98 valence electrons. The van der Waals surface area contributed by atoms with Gasteiger partial charge in [-0.1, -0.05) is 5.16 Å². The molecule has 1 unspecified atom stereocenters. The predicted octanol–water partition coefficient (Wildman–Crippen LogP) is 2.22. The number of nitrogens with zero attached hydrogens (tertiary/aromatic N) is 1. The van der Waals surface area contributed by atoms with E-state index in [0.717, 1.165) is 4.88 Å². The van der Waals surface area contributed by atoms with Gasteiger partial charge in [0, 0.05) is 6.42 Å². The highest BCUT2D eigenvalue weighted by atomic mass is 32.1. The second-order valence-electron chi connectivity index (χ2n) is 3.65. The third kappa shape index (κ3) is 2.33. The maximum absolute atomic E-state index is 12.2. The molecule has 0 saturated carbocycles. The topological polar surface area (TPSA) is 50.7 Å². The molecule has 1 amide bonds. The Bertz CT molecular complexity index is 496. The van der Waals surface area contributed by atoms with Crippen LogP contribution in [0.4, 0.5) is 13.2 Å². The van der Waals surface area contributed by atoms with Crippen LogP contribution in [0.5, 0.6) is 0 Å². The molecule has 1 aliphatic rings. The zero-order valence-electron chi connectivity index (χ0n) is 9.25. The van der Waals surface area contributed by atoms with Gasteiger partial charge in [-0.05, 0) is 17.0 Å². The monoisotopic (exact) mass is 278 g/mol. The molecule has 2 rings (SSSR count). The van der Waals surface area contributed by atoms with Crippen LogP contribution in [-0.4, -0.2) is 24.9 Å². The maximum atomic E-state index is 12.2. The zero-order valence-corrected chi connectivity index (χ0v) is 10.1. The van der Waals surface area contributed by atoms with Gasteiger partial charge in [-0.25, -0.2) is 0 Å². The van der Waals surface area contributed by atoms with Crippen molar-refractivity contribution in [2.24, 2.45) is 5.16 Å². The Morgan fingerprint density at radius 2 is 2.33 bits per heavy atom. The van der Waals surface area contributed by atoms with Gasteiger partial charge in [0.05, 0.1) is 16.6 Å². The Morgan fingerprint density at radius 3 is 2.94 bits per heavy atom. The number of halogens is 3. The molecule has 1 aliphatic carbocycles. The lowest BCUT2D eigenvalue weighted by molar-refractivity contribution is -0.174. The van der Waals surface area contributed by atoms with Crippen molar-refractivity contribution in [3.63, 3.8) is 0 Å². The van der Waals surface area contributed by atoms with E-state index in [2.05, 4.69) is 9.99 Å². The summed E-state index contributed by atoms with van der Waals surface area (Å²) in [7, 11) is 1.36. The lowest BCUT2D eigenvalue weighted by atomic mass is 10.2. The summed E-state index contributed by atoms with van der Waals surface area (Å²) in [5.41, 5.74) is 1.20. The first-order valence-corrected chi connectivity index (χ1v) is 5.87. The van der Waals surface area contributed by atoms with Crippen molar-refractivity contribution in [2.75, 3.05) is 7.11 Å². The minimum atomic E-state index is -4.88. The van der Waals surface area contributed by atoms with Crippen LogP contribution in [0, 0.1) is 0 Å². The van der Waals surface area contributed by atoms with Crippen molar-refractivity contribution in [1.29, 1.82) is 0 Å². The molecule has 0 bridgehead atoms. The molecule has 0 aliphatic heterocycles. The van der Waals surface area contributed by atoms with E-state index >= 15 is 0 Å². The Balaban J connectivity index is 2.19. The summed E-state index contributed by atoms with van der Waals surface area (Å²) in [5.74, 6) is -1.94. The highest BCUT2D eigenvalue weighted by molar-refractivity contribution is 7.12. The van der Waals surface area contributed by atoms with Crippen LogP contribution in [0.1, 0.15) is 22.9 Å². The van der Waals surface area contributed by atoms with Gasteiger partial charge in [-0.15, -0.1) is 11.3 Å². The molecule has 1 aromatic rings. The molecule has 0 radical (unpaired) electrons. The normalized spacial score (nSPS) is 20.9. The second kappa shape index (κ2) is 4.60. The van der Waals surface area contributed by atoms with Crippen LogP contribution in [0.15, 0.2) is 16.6 Å². The quantitative estimate of drug-likeness (QED) is 0.843. The SMILES string of the molecule is CON=C1CC(NC(=O)C(F)(F)F)c2ccsc21. The van der Waals surface area contributed by atoms with Crippen LogP contribution in [-0.2, 0) is 9.63 Å². The number of fused-ring (bicyclic) bond motifs is 1. The minimum absolute atomic E-state index is 0.206. The Labute approximate surface area is 104 Å². The first kappa shape index (κ1) is 12.9. The number of carbonyl (C=O) groups is 1. The number of nitrogens with one attached hydrogen (secondary N) is 1. The van der Waals surface area contributed by atoms with Crippen molar-refractivity contribution in [3.05, 3.63) is 21.9 Å². The fourth-order valence-electron chi connectivity index (χ4n) is 1.78. The van der Waals surface area contributed by atoms with Crippen molar-refractivity contribution < 1.29 is 22.8 Å². The number of carbonyl (C=O) groups excluding carboxylic acids is 1. The van der Waals surface area contributed by atoms with E-state index in [4.69, 9.17) is 0 Å². The number of amides is 1. The van der Waals surface area contributed by atoms with Gasteiger partial charge in [-0.3, -0.25) is 4.79 Å². The molecule has 0 spiro atoms. The summed E-state index contributed by atoms with van der Waals surface area (Å²) in [6.45, 7) is 0. The summed E-state index contributed by atoms with van der Waals surface area (Å²) in [4.78, 5) is 16.3. The molecule has 1 heterocycles. The maximum Gasteiger partial charge on any atom is 0.471 e. The standard InChI is InChI=1S/C10H9F3N2O2S/c1-17-15-7-4-6(5-2-3-18-8(5)7)14-9(16)10(11,12)13/h2-3,6H,4H2,1H3,(H,14,16). The largest absolute Gasteiger partial charge is 0.471 e. The second-order valence-corrected chi connectivity index (χ2v) is 4.57. The number of hydrogen-bond acceptors (Lipinski definition) is 4. The number of alkyl halides is 3. The summed E-state index contributed by atoms with van der Waals surface area (Å²) < 4.78 is 36.6. The number of oxime groups is 1. The van der Waals surface area contributed by atoms with Gasteiger partial charge in [0.2, 0.25) is 0 Å². The Hall–Kier alpha value is -1.57. The van der Waals surface area contributed by atoms with Gasteiger partial charge < -0.3 is 10.2 Å². The predicted molar refractivity (Wildman–Crippen MR) is 59.4 cm³/mol. The molecular formula is C10H9F3N2O2S. The van der Waals surface area contributed by atoms with Gasteiger partial charge in [0.1, 0.15) is 7.11 Å². The van der Waals surface area contributed by atoms with E-state index in [0.29, 0.717) is 11.3 Å². The van der Waals surface area contributed by atoms with E-state index in [-0.39, 0.29) is 6.42 Å². The highest BCUT2D eigenvalue weighted by Gasteiger charge is 2.42. The molecule has 0 saturated heterocycles. The average molecular weight is 278 g/mol. The third-order valence-electron chi connectivity index (χ3n) is 2.49. The summed E-state index contributed by atoms with van der Waals surface area (Å²) in [6, 6.07) is 0.980. The van der Waals surface area contributed by atoms with Crippen molar-refractivity contribution in [1.82, 2.24) is 5.32 Å². The van der Waals surface area contributed by atoms with Crippen LogP contribution in [0.3, 0.4) is 0 Å².